The van der Waals surface area contributed by atoms with Crippen LogP contribution in [-0.4, -0.2) is 17.4 Å². The van der Waals surface area contributed by atoms with Crippen LogP contribution in [0, 0.1) is 0 Å². The number of rotatable bonds is 2. The Bertz CT molecular complexity index is 885. The van der Waals surface area contributed by atoms with Gasteiger partial charge in [-0.1, -0.05) is 23.2 Å². The summed E-state index contributed by atoms with van der Waals surface area (Å²) in [6, 6.07) is 13.1. The molecule has 122 valence electrons. The number of halogens is 2. The van der Waals surface area contributed by atoms with Crippen molar-refractivity contribution in [2.24, 2.45) is 0 Å². The normalized spacial score (nSPS) is 16.9. The number of benzene rings is 1. The molecule has 1 aromatic carbocycles. The number of nitrogens with zero attached hydrogens (tertiary/aromatic N) is 1. The van der Waals surface area contributed by atoms with E-state index in [0.717, 1.165) is 15.6 Å². The molecular formula is C18H13Cl2NOS2. The zero-order valence-electron chi connectivity index (χ0n) is 12.5. The number of carbonyl (C=O) groups excluding carboxylic acids is 1. The quantitative estimate of drug-likeness (QED) is 0.530. The van der Waals surface area contributed by atoms with Crippen molar-refractivity contribution in [3.8, 4) is 0 Å². The van der Waals surface area contributed by atoms with Crippen LogP contribution in [0.25, 0.3) is 0 Å². The van der Waals surface area contributed by atoms with Crippen molar-refractivity contribution < 1.29 is 4.79 Å². The Morgan fingerprint density at radius 1 is 1.08 bits per heavy atom. The van der Waals surface area contributed by atoms with E-state index in [1.807, 2.05) is 17.0 Å². The molecule has 1 aliphatic heterocycles. The first-order valence-electron chi connectivity index (χ1n) is 7.51. The van der Waals surface area contributed by atoms with Gasteiger partial charge in [-0.3, -0.25) is 4.79 Å². The number of amides is 1. The van der Waals surface area contributed by atoms with Gasteiger partial charge in [0.25, 0.3) is 5.91 Å². The minimum atomic E-state index is -0.0688. The smallest absolute Gasteiger partial charge is 0.254 e. The van der Waals surface area contributed by atoms with Gasteiger partial charge in [0, 0.05) is 26.9 Å². The van der Waals surface area contributed by atoms with Gasteiger partial charge in [-0.15, -0.1) is 22.7 Å². The van der Waals surface area contributed by atoms with Gasteiger partial charge in [0.15, 0.2) is 0 Å². The van der Waals surface area contributed by atoms with Crippen LogP contribution >= 0.6 is 45.9 Å². The lowest BCUT2D eigenvalue weighted by molar-refractivity contribution is 0.0699. The van der Waals surface area contributed by atoms with E-state index in [1.165, 1.54) is 21.8 Å². The first kappa shape index (κ1) is 16.2. The molecule has 0 spiro atoms. The van der Waals surface area contributed by atoms with Crippen LogP contribution in [-0.2, 0) is 6.42 Å². The molecule has 3 aromatic rings. The summed E-state index contributed by atoms with van der Waals surface area (Å²) in [5.41, 5.74) is 1.87. The minimum absolute atomic E-state index is 0.0260. The summed E-state index contributed by atoms with van der Waals surface area (Å²) in [7, 11) is 0. The van der Waals surface area contributed by atoms with E-state index < -0.39 is 0 Å². The van der Waals surface area contributed by atoms with E-state index in [1.54, 1.807) is 35.6 Å². The second kappa shape index (κ2) is 6.52. The zero-order chi connectivity index (χ0) is 16.7. The predicted molar refractivity (Wildman–Crippen MR) is 102 cm³/mol. The monoisotopic (exact) mass is 393 g/mol. The maximum atomic E-state index is 13.1. The van der Waals surface area contributed by atoms with E-state index in [-0.39, 0.29) is 11.9 Å². The van der Waals surface area contributed by atoms with Crippen molar-refractivity contribution in [1.29, 1.82) is 0 Å². The molecule has 0 bridgehead atoms. The molecule has 1 amide bonds. The topological polar surface area (TPSA) is 20.3 Å². The summed E-state index contributed by atoms with van der Waals surface area (Å²) in [5, 5.41) is 2.73. The number of hydrogen-bond acceptors (Lipinski definition) is 3. The fourth-order valence-corrected chi connectivity index (χ4v) is 5.30. The lowest BCUT2D eigenvalue weighted by atomic mass is 9.97. The highest BCUT2D eigenvalue weighted by atomic mass is 35.5. The SMILES string of the molecule is O=C(c1ccc(Cl)cc1)N1CCc2sccc2C1c1ccc(Cl)s1. The number of carbonyl (C=O) groups is 1. The van der Waals surface area contributed by atoms with Crippen molar-refractivity contribution in [3.63, 3.8) is 0 Å². The van der Waals surface area contributed by atoms with Gasteiger partial charge in [-0.25, -0.2) is 0 Å². The molecule has 24 heavy (non-hydrogen) atoms. The van der Waals surface area contributed by atoms with Gasteiger partial charge in [0.2, 0.25) is 0 Å². The highest BCUT2D eigenvalue weighted by molar-refractivity contribution is 7.16. The number of hydrogen-bond donors (Lipinski definition) is 0. The van der Waals surface area contributed by atoms with Gasteiger partial charge in [0.05, 0.1) is 10.4 Å². The van der Waals surface area contributed by atoms with Crippen LogP contribution in [0.2, 0.25) is 9.36 Å². The van der Waals surface area contributed by atoms with E-state index in [2.05, 4.69) is 11.4 Å². The standard InChI is InChI=1S/C18H13Cl2NOS2/c19-12-3-1-11(2-4-12)18(22)21-9-7-14-13(8-10-23-14)17(21)15-5-6-16(20)24-15/h1-6,8,10,17H,7,9H2. The van der Waals surface area contributed by atoms with Gasteiger partial charge < -0.3 is 4.90 Å². The fourth-order valence-electron chi connectivity index (χ4n) is 3.08. The lowest BCUT2D eigenvalue weighted by Gasteiger charge is -2.35. The van der Waals surface area contributed by atoms with Crippen LogP contribution in [0.4, 0.5) is 0 Å². The molecule has 3 heterocycles. The molecule has 6 heteroatoms. The second-order valence-corrected chi connectivity index (χ2v) is 8.78. The molecule has 1 aliphatic rings. The average Bonchev–Trinajstić information content (AvgIpc) is 3.22. The second-order valence-electron chi connectivity index (χ2n) is 5.60. The van der Waals surface area contributed by atoms with Gasteiger partial charge in [0.1, 0.15) is 0 Å². The minimum Gasteiger partial charge on any atom is -0.326 e. The summed E-state index contributed by atoms with van der Waals surface area (Å²) in [4.78, 5) is 17.5. The lowest BCUT2D eigenvalue weighted by Crippen LogP contribution is -2.39. The van der Waals surface area contributed by atoms with Crippen LogP contribution in [0.3, 0.4) is 0 Å². The molecule has 0 radical (unpaired) electrons. The molecule has 4 rings (SSSR count). The Balaban J connectivity index is 1.76. The highest BCUT2D eigenvalue weighted by Gasteiger charge is 2.34. The summed E-state index contributed by atoms with van der Waals surface area (Å²) in [6.45, 7) is 0.704. The molecule has 0 N–H and O–H groups in total. The Labute approximate surface area is 158 Å². The Kier molecular flexibility index (Phi) is 4.39. The predicted octanol–water partition coefficient (Wildman–Crippen LogP) is 5.90. The molecular weight excluding hydrogens is 381 g/mol. The first-order valence-corrected chi connectivity index (χ1v) is 9.97. The Hall–Kier alpha value is -1.33. The van der Waals surface area contributed by atoms with E-state index in [0.29, 0.717) is 17.1 Å². The molecule has 0 aliphatic carbocycles. The number of thiophene rings is 2. The fraction of sp³-hybridized carbons (Fsp3) is 0.167. The van der Waals surface area contributed by atoms with Gasteiger partial charge >= 0.3 is 0 Å². The van der Waals surface area contributed by atoms with E-state index in [9.17, 15) is 4.79 Å². The molecule has 0 saturated heterocycles. The third-order valence-corrected chi connectivity index (χ3v) is 6.71. The third-order valence-electron chi connectivity index (χ3n) is 4.18. The summed E-state index contributed by atoms with van der Waals surface area (Å²) >= 11 is 15.4. The van der Waals surface area contributed by atoms with Gasteiger partial charge in [-0.05, 0) is 59.8 Å². The summed E-state index contributed by atoms with van der Waals surface area (Å²) < 4.78 is 0.742. The van der Waals surface area contributed by atoms with Crippen LogP contribution in [0.15, 0.2) is 47.8 Å². The average molecular weight is 394 g/mol. The van der Waals surface area contributed by atoms with Crippen molar-refractivity contribution in [2.75, 3.05) is 6.54 Å². The molecule has 1 unspecified atom stereocenters. The molecule has 2 aromatic heterocycles. The van der Waals surface area contributed by atoms with Crippen molar-refractivity contribution in [1.82, 2.24) is 4.90 Å². The molecule has 0 fully saturated rings. The van der Waals surface area contributed by atoms with Crippen molar-refractivity contribution in [3.05, 3.63) is 78.1 Å². The number of fused-ring (bicyclic) bond motifs is 1. The van der Waals surface area contributed by atoms with Crippen LogP contribution < -0.4 is 0 Å². The van der Waals surface area contributed by atoms with E-state index >= 15 is 0 Å². The summed E-state index contributed by atoms with van der Waals surface area (Å²) in [6.07, 6.45) is 0.891. The maximum Gasteiger partial charge on any atom is 0.254 e. The zero-order valence-corrected chi connectivity index (χ0v) is 15.7. The molecule has 2 nitrogen and oxygen atoms in total. The first-order chi connectivity index (χ1) is 11.6. The van der Waals surface area contributed by atoms with Crippen molar-refractivity contribution >= 4 is 51.8 Å². The van der Waals surface area contributed by atoms with Crippen LogP contribution in [0.1, 0.15) is 31.7 Å². The Morgan fingerprint density at radius 3 is 2.58 bits per heavy atom. The molecule has 0 saturated carbocycles. The highest BCUT2D eigenvalue weighted by Crippen LogP contribution is 2.41. The van der Waals surface area contributed by atoms with Crippen LogP contribution in [0.5, 0.6) is 0 Å². The van der Waals surface area contributed by atoms with Crippen molar-refractivity contribution in [2.45, 2.75) is 12.5 Å². The summed E-state index contributed by atoms with van der Waals surface area (Å²) in [5.74, 6) is 0.0260. The third kappa shape index (κ3) is 2.88. The van der Waals surface area contributed by atoms with Gasteiger partial charge in [-0.2, -0.15) is 0 Å². The largest absolute Gasteiger partial charge is 0.326 e. The Morgan fingerprint density at radius 2 is 1.88 bits per heavy atom. The molecule has 1 atom stereocenters. The maximum absolute atomic E-state index is 13.1. The van der Waals surface area contributed by atoms with E-state index in [4.69, 9.17) is 23.2 Å².